The number of esters is 1. The summed E-state index contributed by atoms with van der Waals surface area (Å²) in [6.07, 6.45) is 0.500. The fourth-order valence-corrected chi connectivity index (χ4v) is 3.13. The van der Waals surface area contributed by atoms with Crippen LogP contribution >= 0.6 is 23.7 Å². The number of nitrogens with one attached hydrogen (secondary N) is 1. The van der Waals surface area contributed by atoms with E-state index in [1.54, 1.807) is 18.4 Å². The van der Waals surface area contributed by atoms with Crippen LogP contribution in [0.15, 0.2) is 11.4 Å². The number of nitrogens with two attached hydrogens (primary N) is 1. The topological polar surface area (TPSA) is 102 Å². The number of carbonyl (C=O) groups is 3. The zero-order chi connectivity index (χ0) is 16.3. The summed E-state index contributed by atoms with van der Waals surface area (Å²) >= 11 is 1.30. The Morgan fingerprint density at radius 2 is 2.26 bits per heavy atom. The van der Waals surface area contributed by atoms with E-state index < -0.39 is 12.0 Å². The number of halogens is 1. The van der Waals surface area contributed by atoms with E-state index in [1.165, 1.54) is 23.3 Å². The molecule has 0 bridgehead atoms. The van der Waals surface area contributed by atoms with Crippen molar-refractivity contribution in [3.05, 3.63) is 17.0 Å². The number of rotatable bonds is 5. The first kappa shape index (κ1) is 19.4. The number of amides is 2. The van der Waals surface area contributed by atoms with E-state index in [-0.39, 0.29) is 36.7 Å². The van der Waals surface area contributed by atoms with Gasteiger partial charge < -0.3 is 20.7 Å². The number of nitrogens with zero attached hydrogens (tertiary/aromatic N) is 1. The molecule has 1 aliphatic rings. The van der Waals surface area contributed by atoms with Gasteiger partial charge in [0.2, 0.25) is 11.8 Å². The summed E-state index contributed by atoms with van der Waals surface area (Å²) in [7, 11) is 1.30. The van der Waals surface area contributed by atoms with Crippen LogP contribution < -0.4 is 16.0 Å². The van der Waals surface area contributed by atoms with Gasteiger partial charge >= 0.3 is 5.97 Å². The van der Waals surface area contributed by atoms with E-state index >= 15 is 0 Å². The van der Waals surface area contributed by atoms with Crippen LogP contribution in [-0.2, 0) is 14.3 Å². The molecule has 0 aromatic carbocycles. The maximum Gasteiger partial charge on any atom is 0.340 e. The second-order valence-electron chi connectivity index (χ2n) is 5.11. The molecule has 1 fully saturated rings. The lowest BCUT2D eigenvalue weighted by molar-refractivity contribution is -0.128. The summed E-state index contributed by atoms with van der Waals surface area (Å²) in [5.41, 5.74) is 5.81. The number of hydrogen-bond acceptors (Lipinski definition) is 6. The molecule has 128 valence electrons. The minimum Gasteiger partial charge on any atom is -0.465 e. The zero-order valence-corrected chi connectivity index (χ0v) is 14.5. The van der Waals surface area contributed by atoms with E-state index in [2.05, 4.69) is 5.32 Å². The summed E-state index contributed by atoms with van der Waals surface area (Å²) in [5.74, 6) is -1.27. The number of ether oxygens (including phenoxy) is 1. The highest BCUT2D eigenvalue weighted by Crippen LogP contribution is 2.31. The standard InChI is InChI=1S/C14H19N3O4S.ClH/c1-8(7-15)11(18)16-10-3-5-17(12(10)19)13-9(4-6-22-13)14(20)21-2;/h4,6,8,10H,3,5,7,15H2,1-2H3,(H,16,18);1H. The molecule has 1 aliphatic heterocycles. The van der Waals surface area contributed by atoms with E-state index in [0.29, 0.717) is 23.5 Å². The van der Waals surface area contributed by atoms with Crippen LogP contribution in [0.3, 0.4) is 0 Å². The summed E-state index contributed by atoms with van der Waals surface area (Å²) in [4.78, 5) is 37.5. The van der Waals surface area contributed by atoms with Crippen molar-refractivity contribution in [1.29, 1.82) is 0 Å². The van der Waals surface area contributed by atoms with Crippen molar-refractivity contribution < 1.29 is 19.1 Å². The molecule has 0 radical (unpaired) electrons. The van der Waals surface area contributed by atoms with E-state index in [0.717, 1.165) is 0 Å². The van der Waals surface area contributed by atoms with Crippen LogP contribution in [0.1, 0.15) is 23.7 Å². The smallest absolute Gasteiger partial charge is 0.340 e. The highest BCUT2D eigenvalue weighted by Gasteiger charge is 2.36. The van der Waals surface area contributed by atoms with Gasteiger partial charge in [-0.2, -0.15) is 0 Å². The van der Waals surface area contributed by atoms with Crippen molar-refractivity contribution in [2.75, 3.05) is 25.1 Å². The largest absolute Gasteiger partial charge is 0.465 e. The number of methoxy groups -OCH3 is 1. The summed E-state index contributed by atoms with van der Waals surface area (Å²) in [6, 6.07) is 1.05. The Morgan fingerprint density at radius 1 is 1.57 bits per heavy atom. The van der Waals surface area contributed by atoms with Gasteiger partial charge in [-0.25, -0.2) is 4.79 Å². The van der Waals surface area contributed by atoms with Crippen molar-refractivity contribution in [2.24, 2.45) is 11.7 Å². The first-order valence-corrected chi connectivity index (χ1v) is 7.85. The average Bonchev–Trinajstić information content (AvgIpc) is 3.13. The molecule has 9 heteroatoms. The molecule has 1 aromatic heterocycles. The van der Waals surface area contributed by atoms with E-state index in [9.17, 15) is 14.4 Å². The number of thiophene rings is 1. The third-order valence-electron chi connectivity index (χ3n) is 3.62. The Labute approximate surface area is 144 Å². The normalized spacial score (nSPS) is 18.3. The molecule has 0 saturated carbocycles. The maximum atomic E-state index is 12.4. The predicted octanol–water partition coefficient (Wildman–Crippen LogP) is 0.773. The van der Waals surface area contributed by atoms with Crippen molar-refractivity contribution in [3.63, 3.8) is 0 Å². The van der Waals surface area contributed by atoms with Gasteiger partial charge in [0.1, 0.15) is 11.0 Å². The first-order chi connectivity index (χ1) is 10.5. The monoisotopic (exact) mass is 361 g/mol. The van der Waals surface area contributed by atoms with Crippen LogP contribution in [0, 0.1) is 5.92 Å². The van der Waals surface area contributed by atoms with Crippen LogP contribution in [-0.4, -0.2) is 44.0 Å². The predicted molar refractivity (Wildman–Crippen MR) is 90.0 cm³/mol. The van der Waals surface area contributed by atoms with Gasteiger partial charge in [0.15, 0.2) is 0 Å². The average molecular weight is 362 g/mol. The van der Waals surface area contributed by atoms with Crippen molar-refractivity contribution in [2.45, 2.75) is 19.4 Å². The molecule has 1 saturated heterocycles. The molecule has 2 heterocycles. The van der Waals surface area contributed by atoms with Crippen molar-refractivity contribution in [3.8, 4) is 0 Å². The van der Waals surface area contributed by atoms with E-state index in [1.807, 2.05) is 0 Å². The molecule has 0 aliphatic carbocycles. The maximum absolute atomic E-state index is 12.4. The third kappa shape index (κ3) is 4.01. The van der Waals surface area contributed by atoms with Crippen LogP contribution in [0.2, 0.25) is 0 Å². The van der Waals surface area contributed by atoms with Crippen LogP contribution in [0.4, 0.5) is 5.00 Å². The fraction of sp³-hybridized carbons (Fsp3) is 0.500. The molecule has 2 rings (SSSR count). The Morgan fingerprint density at radius 3 is 2.87 bits per heavy atom. The number of carbonyl (C=O) groups excluding carboxylic acids is 3. The quantitative estimate of drug-likeness (QED) is 0.754. The lowest BCUT2D eigenvalue weighted by Gasteiger charge is -2.17. The van der Waals surface area contributed by atoms with Gasteiger partial charge in [0.05, 0.1) is 12.7 Å². The van der Waals surface area contributed by atoms with Crippen LogP contribution in [0.25, 0.3) is 0 Å². The number of hydrogen-bond donors (Lipinski definition) is 2. The highest BCUT2D eigenvalue weighted by molar-refractivity contribution is 7.14. The Balaban J connectivity index is 0.00000264. The van der Waals surface area contributed by atoms with Crippen LogP contribution in [0.5, 0.6) is 0 Å². The summed E-state index contributed by atoms with van der Waals surface area (Å²) < 4.78 is 4.71. The summed E-state index contributed by atoms with van der Waals surface area (Å²) in [6.45, 7) is 2.39. The molecular formula is C14H20ClN3O4S. The minimum atomic E-state index is -0.575. The van der Waals surface area contributed by atoms with Crippen molar-refractivity contribution >= 4 is 46.5 Å². The fourth-order valence-electron chi connectivity index (χ4n) is 2.21. The minimum absolute atomic E-state index is 0. The Kier molecular flexibility index (Phi) is 6.99. The molecule has 2 amide bonds. The first-order valence-electron chi connectivity index (χ1n) is 6.97. The molecule has 1 aromatic rings. The molecule has 2 unspecified atom stereocenters. The molecule has 23 heavy (non-hydrogen) atoms. The third-order valence-corrected chi connectivity index (χ3v) is 4.55. The molecular weight excluding hydrogens is 342 g/mol. The number of anilines is 1. The Hall–Kier alpha value is -1.64. The second kappa shape index (κ2) is 8.28. The van der Waals surface area contributed by atoms with Crippen molar-refractivity contribution in [1.82, 2.24) is 5.32 Å². The zero-order valence-electron chi connectivity index (χ0n) is 12.9. The summed E-state index contributed by atoms with van der Waals surface area (Å²) in [5, 5.41) is 5.00. The molecule has 3 N–H and O–H groups in total. The Bertz CT molecular complexity index is 592. The SMILES string of the molecule is COC(=O)c1ccsc1N1CCC(NC(=O)C(C)CN)C1=O.Cl. The molecule has 2 atom stereocenters. The second-order valence-corrected chi connectivity index (χ2v) is 6.00. The van der Waals surface area contributed by atoms with Gasteiger partial charge in [0, 0.05) is 19.0 Å². The highest BCUT2D eigenvalue weighted by atomic mass is 35.5. The van der Waals surface area contributed by atoms with Gasteiger partial charge in [-0.05, 0) is 17.9 Å². The lowest BCUT2D eigenvalue weighted by Crippen LogP contribution is -2.44. The molecule has 7 nitrogen and oxygen atoms in total. The van der Waals surface area contributed by atoms with E-state index in [4.69, 9.17) is 10.5 Å². The lowest BCUT2D eigenvalue weighted by atomic mass is 10.1. The molecule has 0 spiro atoms. The van der Waals surface area contributed by atoms with Gasteiger partial charge in [-0.15, -0.1) is 23.7 Å². The van der Waals surface area contributed by atoms with Gasteiger partial charge in [-0.1, -0.05) is 6.92 Å². The van der Waals surface area contributed by atoms with Gasteiger partial charge in [0.25, 0.3) is 0 Å². The van der Waals surface area contributed by atoms with Gasteiger partial charge in [-0.3, -0.25) is 9.59 Å².